The van der Waals surface area contributed by atoms with Crippen LogP contribution in [0.15, 0.2) is 241 Å². The maximum absolute atomic E-state index is 6.54. The van der Waals surface area contributed by atoms with Gasteiger partial charge in [0.25, 0.3) is 0 Å². The third-order valence-corrected chi connectivity index (χ3v) is 14.0. The Balaban J connectivity index is 1.17. The van der Waals surface area contributed by atoms with E-state index >= 15 is 0 Å². The Hall–Kier alpha value is -8.72. The summed E-state index contributed by atoms with van der Waals surface area (Å²) in [6.07, 6.45) is 0. The van der Waals surface area contributed by atoms with Crippen molar-refractivity contribution in [3.05, 3.63) is 237 Å². The molecule has 2 nitrogen and oxygen atoms in total. The lowest BCUT2D eigenvalue weighted by atomic mass is 9.88. The first-order chi connectivity index (χ1) is 32.7. The van der Waals surface area contributed by atoms with E-state index in [1.807, 2.05) is 6.07 Å². The summed E-state index contributed by atoms with van der Waals surface area (Å²) in [5, 5.41) is 21.9. The van der Waals surface area contributed by atoms with Crippen molar-refractivity contribution in [2.75, 3.05) is 4.90 Å². The van der Waals surface area contributed by atoms with Crippen LogP contribution in [0.2, 0.25) is 0 Å². The molecule has 306 valence electrons. The van der Waals surface area contributed by atoms with Crippen molar-refractivity contribution in [2.45, 2.75) is 0 Å². The van der Waals surface area contributed by atoms with E-state index in [1.54, 1.807) is 0 Å². The number of rotatable bonds is 4. The van der Waals surface area contributed by atoms with Crippen LogP contribution in [0.4, 0.5) is 17.1 Å². The van der Waals surface area contributed by atoms with Gasteiger partial charge in [0, 0.05) is 16.8 Å². The van der Waals surface area contributed by atoms with Crippen molar-refractivity contribution < 1.29 is 4.42 Å². The van der Waals surface area contributed by atoms with Crippen molar-refractivity contribution in [1.82, 2.24) is 0 Å². The molecule has 1 aromatic heterocycles. The number of fused-ring (bicyclic) bond motifs is 14. The van der Waals surface area contributed by atoms with Crippen LogP contribution in [0.1, 0.15) is 0 Å². The van der Waals surface area contributed by atoms with E-state index in [-0.39, 0.29) is 0 Å². The van der Waals surface area contributed by atoms with Crippen LogP contribution in [0.5, 0.6) is 0 Å². The van der Waals surface area contributed by atoms with Crippen LogP contribution in [0.25, 0.3) is 119 Å². The molecule has 0 fully saturated rings. The molecule has 1 heterocycles. The molecule has 0 aliphatic rings. The lowest BCUT2D eigenvalue weighted by Crippen LogP contribution is -2.10. The van der Waals surface area contributed by atoms with Crippen molar-refractivity contribution in [1.29, 1.82) is 0 Å². The largest absolute Gasteiger partial charge is 0.456 e. The summed E-state index contributed by atoms with van der Waals surface area (Å²) in [5.41, 5.74) is 7.26. The van der Waals surface area contributed by atoms with Crippen molar-refractivity contribution in [2.24, 2.45) is 0 Å². The Kier molecular flexibility index (Phi) is 8.02. The molecule has 2 heteroatoms. The smallest absolute Gasteiger partial charge is 0.137 e. The summed E-state index contributed by atoms with van der Waals surface area (Å²) in [4.78, 5) is 2.42. The highest BCUT2D eigenvalue weighted by molar-refractivity contribution is 6.37. The molecule has 66 heavy (non-hydrogen) atoms. The highest BCUT2D eigenvalue weighted by Gasteiger charge is 2.21. The average Bonchev–Trinajstić information content (AvgIpc) is 3.78. The predicted molar refractivity (Wildman–Crippen MR) is 283 cm³/mol. The van der Waals surface area contributed by atoms with Gasteiger partial charge in [0.15, 0.2) is 0 Å². The van der Waals surface area contributed by atoms with Crippen LogP contribution >= 0.6 is 0 Å². The molecule has 0 spiro atoms. The monoisotopic (exact) mass is 837 g/mol. The maximum atomic E-state index is 6.54. The standard InChI is InChI=1S/C64H39NO/c1-2-14-40(15-3-1)41-30-33-45(34-31-41)65(58-25-13-27-60-64(58)54-24-10-11-26-59(54)66-60)46-35-37-52-56(39-46)51-22-7-6-20-49(51)47-18-4-5-19-48(47)50-21-8-9-23-53(50)63-55-36-32-43-17-12-16-42-28-29-44(38-57(52)63)62(55)61(42)43/h1-39H. The number of anilines is 3. The van der Waals surface area contributed by atoms with E-state index in [9.17, 15) is 0 Å². The summed E-state index contributed by atoms with van der Waals surface area (Å²) in [6, 6.07) is 87.0. The first-order valence-electron chi connectivity index (χ1n) is 22.7. The van der Waals surface area contributed by atoms with Crippen LogP contribution in [-0.2, 0) is 0 Å². The number of furan rings is 1. The molecular formula is C64H39NO. The molecule has 0 aliphatic heterocycles. The van der Waals surface area contributed by atoms with Crippen LogP contribution < -0.4 is 4.90 Å². The second kappa shape index (κ2) is 14.4. The molecule has 0 saturated heterocycles. The number of benzene rings is 12. The molecule has 0 saturated carbocycles. The van der Waals surface area contributed by atoms with Gasteiger partial charge in [0.2, 0.25) is 0 Å². The van der Waals surface area contributed by atoms with Gasteiger partial charge in [-0.15, -0.1) is 0 Å². The third kappa shape index (κ3) is 5.49. The third-order valence-electron chi connectivity index (χ3n) is 14.0. The molecule has 14 aromatic rings. The highest BCUT2D eigenvalue weighted by atomic mass is 16.3. The lowest BCUT2D eigenvalue weighted by molar-refractivity contribution is 0.669. The maximum Gasteiger partial charge on any atom is 0.137 e. The zero-order valence-electron chi connectivity index (χ0n) is 35.9. The quantitative estimate of drug-likeness (QED) is 0.164. The summed E-state index contributed by atoms with van der Waals surface area (Å²) >= 11 is 0. The van der Waals surface area contributed by atoms with Crippen molar-refractivity contribution in [3.63, 3.8) is 0 Å². The molecule has 0 aliphatic carbocycles. The minimum atomic E-state index is 0.859. The zero-order valence-corrected chi connectivity index (χ0v) is 35.9. The van der Waals surface area contributed by atoms with Crippen LogP contribution in [0.3, 0.4) is 0 Å². The Morgan fingerprint density at radius 3 is 1.48 bits per heavy atom. The van der Waals surface area contributed by atoms with E-state index in [4.69, 9.17) is 4.42 Å². The number of hydrogen-bond acceptors (Lipinski definition) is 2. The van der Waals surface area contributed by atoms with Gasteiger partial charge in [-0.25, -0.2) is 0 Å². The first-order valence-corrected chi connectivity index (χ1v) is 22.7. The SMILES string of the molecule is c1ccc(-c2ccc(N(c3ccc4c(c3)c3ccccc3c3ccccc3c3ccccc3c3c4cc4ccc5cccc6ccc3c4c56)c3cccc4oc5ccccc5c34)cc2)cc1. The van der Waals surface area contributed by atoms with Crippen molar-refractivity contribution >= 4 is 125 Å². The van der Waals surface area contributed by atoms with E-state index in [2.05, 4.69) is 235 Å². The van der Waals surface area contributed by atoms with Gasteiger partial charge in [-0.2, -0.15) is 0 Å². The van der Waals surface area contributed by atoms with Crippen molar-refractivity contribution in [3.8, 4) is 11.1 Å². The van der Waals surface area contributed by atoms with Gasteiger partial charge in [-0.3, -0.25) is 0 Å². The Labute approximate surface area is 380 Å². The second-order valence-corrected chi connectivity index (χ2v) is 17.5. The fourth-order valence-electron chi connectivity index (χ4n) is 11.1. The number of hydrogen-bond donors (Lipinski definition) is 0. The van der Waals surface area contributed by atoms with Crippen LogP contribution in [0, 0.1) is 0 Å². The van der Waals surface area contributed by atoms with Gasteiger partial charge < -0.3 is 9.32 Å². The molecule has 0 amide bonds. The summed E-state index contributed by atoms with van der Waals surface area (Å²) < 4.78 is 6.54. The minimum Gasteiger partial charge on any atom is -0.456 e. The molecule has 0 bridgehead atoms. The Morgan fingerprint density at radius 2 is 0.758 bits per heavy atom. The lowest BCUT2D eigenvalue weighted by Gasteiger charge is -2.27. The van der Waals surface area contributed by atoms with Gasteiger partial charge >= 0.3 is 0 Å². The molecule has 14 rings (SSSR count). The van der Waals surface area contributed by atoms with Gasteiger partial charge in [-0.05, 0) is 146 Å². The Bertz CT molecular complexity index is 4320. The summed E-state index contributed by atoms with van der Waals surface area (Å²) in [6.45, 7) is 0. The van der Waals surface area contributed by atoms with Crippen LogP contribution in [-0.4, -0.2) is 0 Å². The topological polar surface area (TPSA) is 16.4 Å². The molecule has 0 radical (unpaired) electrons. The number of para-hydroxylation sites is 1. The summed E-state index contributed by atoms with van der Waals surface area (Å²) in [7, 11) is 0. The fraction of sp³-hybridized carbons (Fsp3) is 0. The van der Waals surface area contributed by atoms with Gasteiger partial charge in [-0.1, -0.05) is 188 Å². The molecule has 0 atom stereocenters. The normalized spacial score (nSPS) is 11.9. The molecule has 0 N–H and O–H groups in total. The van der Waals surface area contributed by atoms with E-state index in [1.165, 1.54) is 97.3 Å². The molecule has 0 unspecified atom stereocenters. The summed E-state index contributed by atoms with van der Waals surface area (Å²) in [5.74, 6) is 0. The molecular weight excluding hydrogens is 799 g/mol. The average molecular weight is 838 g/mol. The minimum absolute atomic E-state index is 0.859. The first kappa shape index (κ1) is 36.7. The number of nitrogens with zero attached hydrogens (tertiary/aromatic N) is 1. The highest BCUT2D eigenvalue weighted by Crippen LogP contribution is 2.47. The molecule has 13 aromatic carbocycles. The van der Waals surface area contributed by atoms with E-state index < -0.39 is 0 Å². The second-order valence-electron chi connectivity index (χ2n) is 17.5. The zero-order chi connectivity index (χ0) is 43.3. The fourth-order valence-corrected chi connectivity index (χ4v) is 11.1. The van der Waals surface area contributed by atoms with Gasteiger partial charge in [0.05, 0.1) is 11.1 Å². The Morgan fingerprint density at radius 1 is 0.242 bits per heavy atom. The van der Waals surface area contributed by atoms with Gasteiger partial charge in [0.1, 0.15) is 11.2 Å². The van der Waals surface area contributed by atoms with E-state index in [0.29, 0.717) is 0 Å². The predicted octanol–water partition coefficient (Wildman–Crippen LogP) is 18.5. The van der Waals surface area contributed by atoms with E-state index in [0.717, 1.165) is 39.0 Å².